The van der Waals surface area contributed by atoms with Gasteiger partial charge in [-0.1, -0.05) is 0 Å². The summed E-state index contributed by atoms with van der Waals surface area (Å²) in [5, 5.41) is 15.0. The van der Waals surface area contributed by atoms with E-state index in [0.717, 1.165) is 19.3 Å². The standard InChI is InChI=1S/C16H24N2O5/c1-15(2,3)23-14(21)18-16(7-4-8-16)10-17-9-11-5-6-12(22-11)13(19)20/h5-6,17H,4,7-10H2,1-3H3,(H,18,21)(H,19,20). The van der Waals surface area contributed by atoms with E-state index in [-0.39, 0.29) is 11.3 Å². The van der Waals surface area contributed by atoms with Gasteiger partial charge in [0.05, 0.1) is 12.1 Å². The summed E-state index contributed by atoms with van der Waals surface area (Å²) in [6, 6.07) is 3.06. The lowest BCUT2D eigenvalue weighted by atomic mass is 9.76. The second-order valence-corrected chi connectivity index (χ2v) is 6.94. The number of hydrogen-bond acceptors (Lipinski definition) is 5. The van der Waals surface area contributed by atoms with Crippen molar-refractivity contribution in [1.82, 2.24) is 10.6 Å². The molecule has 7 heteroatoms. The molecular weight excluding hydrogens is 300 g/mol. The minimum absolute atomic E-state index is 0.0768. The maximum atomic E-state index is 11.9. The molecule has 7 nitrogen and oxygen atoms in total. The fourth-order valence-corrected chi connectivity index (χ4v) is 2.48. The minimum Gasteiger partial charge on any atom is -0.475 e. The number of aromatic carboxylic acids is 1. The molecule has 2 rings (SSSR count). The molecule has 0 atom stereocenters. The Morgan fingerprint density at radius 1 is 1.35 bits per heavy atom. The number of rotatable bonds is 6. The van der Waals surface area contributed by atoms with Gasteiger partial charge in [0.15, 0.2) is 0 Å². The van der Waals surface area contributed by atoms with Crippen molar-refractivity contribution in [3.63, 3.8) is 0 Å². The maximum Gasteiger partial charge on any atom is 0.408 e. The van der Waals surface area contributed by atoms with Crippen molar-refractivity contribution in [2.24, 2.45) is 0 Å². The van der Waals surface area contributed by atoms with E-state index >= 15 is 0 Å². The Balaban J connectivity index is 1.82. The average Bonchev–Trinajstić information content (AvgIpc) is 2.82. The summed E-state index contributed by atoms with van der Waals surface area (Å²) in [5.41, 5.74) is -0.825. The van der Waals surface area contributed by atoms with E-state index in [1.807, 2.05) is 20.8 Å². The van der Waals surface area contributed by atoms with Gasteiger partial charge >= 0.3 is 12.1 Å². The third-order valence-electron chi connectivity index (χ3n) is 3.71. The molecule has 1 fully saturated rings. The first-order chi connectivity index (χ1) is 10.7. The summed E-state index contributed by atoms with van der Waals surface area (Å²) in [6.45, 7) is 6.47. The van der Waals surface area contributed by atoms with Gasteiger partial charge in [-0.2, -0.15) is 0 Å². The number of alkyl carbamates (subject to hydrolysis) is 1. The average molecular weight is 324 g/mol. The normalized spacial score (nSPS) is 16.5. The Labute approximate surface area is 135 Å². The van der Waals surface area contributed by atoms with Gasteiger partial charge in [-0.05, 0) is 52.2 Å². The van der Waals surface area contributed by atoms with Crippen LogP contribution in [0.2, 0.25) is 0 Å². The summed E-state index contributed by atoms with van der Waals surface area (Å²) in [6.07, 6.45) is 2.42. The molecule has 0 bridgehead atoms. The zero-order chi connectivity index (χ0) is 17.1. The lowest BCUT2D eigenvalue weighted by molar-refractivity contribution is 0.0381. The van der Waals surface area contributed by atoms with E-state index in [0.29, 0.717) is 18.8 Å². The topological polar surface area (TPSA) is 101 Å². The van der Waals surface area contributed by atoms with Crippen LogP contribution in [-0.2, 0) is 11.3 Å². The fourth-order valence-electron chi connectivity index (χ4n) is 2.48. The third kappa shape index (κ3) is 4.99. The fraction of sp³-hybridized carbons (Fsp3) is 0.625. The monoisotopic (exact) mass is 324 g/mol. The van der Waals surface area contributed by atoms with Crippen LogP contribution in [-0.4, -0.2) is 34.9 Å². The van der Waals surface area contributed by atoms with Crippen molar-refractivity contribution in [1.29, 1.82) is 0 Å². The van der Waals surface area contributed by atoms with Crippen molar-refractivity contribution in [2.75, 3.05) is 6.54 Å². The molecule has 0 radical (unpaired) electrons. The molecule has 0 unspecified atom stereocenters. The summed E-state index contributed by atoms with van der Waals surface area (Å²) in [4.78, 5) is 22.7. The van der Waals surface area contributed by atoms with Crippen LogP contribution in [0.1, 0.15) is 56.3 Å². The third-order valence-corrected chi connectivity index (χ3v) is 3.71. The van der Waals surface area contributed by atoms with Crippen LogP contribution in [0.4, 0.5) is 4.79 Å². The maximum absolute atomic E-state index is 11.9. The van der Waals surface area contributed by atoms with Crippen LogP contribution < -0.4 is 10.6 Å². The largest absolute Gasteiger partial charge is 0.475 e. The second-order valence-electron chi connectivity index (χ2n) is 6.94. The molecule has 0 aliphatic heterocycles. The Hall–Kier alpha value is -2.02. The lowest BCUT2D eigenvalue weighted by Crippen LogP contribution is -2.59. The molecule has 3 N–H and O–H groups in total. The number of carbonyl (C=O) groups excluding carboxylic acids is 1. The number of ether oxygens (including phenoxy) is 1. The SMILES string of the molecule is CC(C)(C)OC(=O)NC1(CNCc2ccc(C(=O)O)o2)CCC1. The molecule has 1 amide bonds. The van der Waals surface area contributed by atoms with Gasteiger partial charge < -0.3 is 24.9 Å². The van der Waals surface area contributed by atoms with Crippen molar-refractivity contribution >= 4 is 12.1 Å². The smallest absolute Gasteiger partial charge is 0.408 e. The molecule has 1 aromatic heterocycles. The number of furan rings is 1. The predicted molar refractivity (Wildman–Crippen MR) is 83.3 cm³/mol. The van der Waals surface area contributed by atoms with E-state index in [4.69, 9.17) is 14.3 Å². The van der Waals surface area contributed by atoms with Crippen LogP contribution in [0.25, 0.3) is 0 Å². The van der Waals surface area contributed by atoms with Crippen LogP contribution in [0.15, 0.2) is 16.5 Å². The highest BCUT2D eigenvalue weighted by Crippen LogP contribution is 2.31. The van der Waals surface area contributed by atoms with E-state index in [1.54, 1.807) is 6.07 Å². The van der Waals surface area contributed by atoms with E-state index in [2.05, 4.69) is 10.6 Å². The molecule has 1 saturated carbocycles. The van der Waals surface area contributed by atoms with Gasteiger partial charge in [0.2, 0.25) is 5.76 Å². The highest BCUT2D eigenvalue weighted by atomic mass is 16.6. The summed E-state index contributed by atoms with van der Waals surface area (Å²) in [5.74, 6) is -0.612. The zero-order valence-corrected chi connectivity index (χ0v) is 13.8. The van der Waals surface area contributed by atoms with Gasteiger partial charge in [-0.3, -0.25) is 0 Å². The molecule has 128 valence electrons. The number of carbonyl (C=O) groups is 2. The Morgan fingerprint density at radius 2 is 2.04 bits per heavy atom. The molecule has 1 aromatic rings. The number of carboxylic acids is 1. The first kappa shape index (κ1) is 17.3. The van der Waals surface area contributed by atoms with E-state index < -0.39 is 17.7 Å². The number of hydrogen-bond donors (Lipinski definition) is 3. The summed E-state index contributed by atoms with van der Waals surface area (Å²) in [7, 11) is 0. The lowest BCUT2D eigenvalue weighted by Gasteiger charge is -2.42. The van der Waals surface area contributed by atoms with Crippen molar-refractivity contribution in [2.45, 2.75) is 57.7 Å². The van der Waals surface area contributed by atoms with Crippen LogP contribution >= 0.6 is 0 Å². The predicted octanol–water partition coefficient (Wildman–Crippen LogP) is 2.51. The van der Waals surface area contributed by atoms with Gasteiger partial charge in [0.25, 0.3) is 0 Å². The number of nitrogens with one attached hydrogen (secondary N) is 2. The van der Waals surface area contributed by atoms with Crippen LogP contribution in [0.5, 0.6) is 0 Å². The molecule has 0 saturated heterocycles. The first-order valence-corrected chi connectivity index (χ1v) is 7.73. The Morgan fingerprint density at radius 3 is 2.52 bits per heavy atom. The number of amides is 1. The van der Waals surface area contributed by atoms with E-state index in [1.165, 1.54) is 6.07 Å². The van der Waals surface area contributed by atoms with Crippen molar-refractivity contribution in [3.8, 4) is 0 Å². The van der Waals surface area contributed by atoms with Gasteiger partial charge in [0, 0.05) is 6.54 Å². The molecular formula is C16H24N2O5. The van der Waals surface area contributed by atoms with E-state index in [9.17, 15) is 9.59 Å². The number of carboxylic acid groups (broad SMARTS) is 1. The summed E-state index contributed by atoms with van der Waals surface area (Å²) < 4.78 is 10.5. The van der Waals surface area contributed by atoms with Gasteiger partial charge in [0.1, 0.15) is 11.4 Å². The van der Waals surface area contributed by atoms with Gasteiger partial charge in [-0.15, -0.1) is 0 Å². The molecule has 23 heavy (non-hydrogen) atoms. The summed E-state index contributed by atoms with van der Waals surface area (Å²) >= 11 is 0. The quantitative estimate of drug-likeness (QED) is 0.743. The second kappa shape index (κ2) is 6.62. The Bertz CT molecular complexity index is 569. The molecule has 0 spiro atoms. The van der Waals surface area contributed by atoms with Crippen molar-refractivity contribution in [3.05, 3.63) is 23.7 Å². The van der Waals surface area contributed by atoms with Crippen LogP contribution in [0, 0.1) is 0 Å². The highest BCUT2D eigenvalue weighted by molar-refractivity contribution is 5.84. The van der Waals surface area contributed by atoms with Crippen LogP contribution in [0.3, 0.4) is 0 Å². The molecule has 1 aliphatic rings. The highest BCUT2D eigenvalue weighted by Gasteiger charge is 2.39. The molecule has 0 aromatic carbocycles. The molecule has 1 aliphatic carbocycles. The van der Waals surface area contributed by atoms with Gasteiger partial charge in [-0.25, -0.2) is 9.59 Å². The Kier molecular flexibility index (Phi) is 4.99. The molecule has 1 heterocycles. The van der Waals surface area contributed by atoms with Crippen molar-refractivity contribution < 1.29 is 23.8 Å². The first-order valence-electron chi connectivity index (χ1n) is 7.73. The zero-order valence-electron chi connectivity index (χ0n) is 13.8. The minimum atomic E-state index is -1.08.